The van der Waals surface area contributed by atoms with Gasteiger partial charge >= 0.3 is 0 Å². The number of likely N-dealkylation sites (N-methyl/N-ethyl adjacent to an activating group) is 1. The van der Waals surface area contributed by atoms with Gasteiger partial charge in [0.25, 0.3) is 0 Å². The third-order valence-electron chi connectivity index (χ3n) is 2.22. The van der Waals surface area contributed by atoms with Gasteiger partial charge in [-0.2, -0.15) is 0 Å². The van der Waals surface area contributed by atoms with E-state index in [0.29, 0.717) is 0 Å². The van der Waals surface area contributed by atoms with Crippen molar-refractivity contribution in [2.75, 3.05) is 13.1 Å². The SMILES string of the molecule is C=C(/C=C\C(=C/C)C(=O)C(C)C)CNCC. The lowest BCUT2D eigenvalue weighted by molar-refractivity contribution is -0.117. The fraction of sp³-hybridized carbons (Fsp3) is 0.500. The molecule has 2 nitrogen and oxygen atoms in total. The molecule has 0 atom stereocenters. The zero-order valence-electron chi connectivity index (χ0n) is 10.8. The number of Topliss-reactive ketones (excluding diaryl/α,β-unsaturated/α-hetero) is 1. The van der Waals surface area contributed by atoms with Crippen LogP contribution < -0.4 is 5.32 Å². The second-order valence-electron chi connectivity index (χ2n) is 4.03. The molecule has 0 saturated heterocycles. The van der Waals surface area contributed by atoms with Gasteiger partial charge in [-0.1, -0.05) is 45.6 Å². The topological polar surface area (TPSA) is 29.1 Å². The molecule has 0 unspecified atom stereocenters. The molecule has 0 aliphatic heterocycles. The van der Waals surface area contributed by atoms with Crippen LogP contribution in [-0.4, -0.2) is 18.9 Å². The highest BCUT2D eigenvalue weighted by atomic mass is 16.1. The normalized spacial score (nSPS) is 12.4. The molecule has 0 heterocycles. The molecule has 0 aromatic rings. The molecule has 0 radical (unpaired) electrons. The van der Waals surface area contributed by atoms with Crippen molar-refractivity contribution in [1.82, 2.24) is 5.32 Å². The van der Waals surface area contributed by atoms with Gasteiger partial charge in [-0.3, -0.25) is 4.79 Å². The van der Waals surface area contributed by atoms with Crippen molar-refractivity contribution in [2.24, 2.45) is 5.92 Å². The van der Waals surface area contributed by atoms with Crippen LogP contribution in [0.25, 0.3) is 0 Å². The summed E-state index contributed by atoms with van der Waals surface area (Å²) in [5, 5.41) is 3.19. The average molecular weight is 221 g/mol. The molecule has 0 aliphatic carbocycles. The molecule has 0 saturated carbocycles. The number of allylic oxidation sites excluding steroid dienone is 3. The van der Waals surface area contributed by atoms with Crippen LogP contribution in [0.4, 0.5) is 0 Å². The highest BCUT2D eigenvalue weighted by molar-refractivity contribution is 5.99. The molecule has 0 spiro atoms. The van der Waals surface area contributed by atoms with E-state index < -0.39 is 0 Å². The van der Waals surface area contributed by atoms with Crippen LogP contribution in [0.2, 0.25) is 0 Å². The quantitative estimate of drug-likeness (QED) is 0.529. The van der Waals surface area contributed by atoms with Crippen molar-refractivity contribution in [3.8, 4) is 0 Å². The molecule has 0 aliphatic rings. The van der Waals surface area contributed by atoms with E-state index in [1.165, 1.54) is 0 Å². The van der Waals surface area contributed by atoms with E-state index in [1.54, 1.807) is 0 Å². The summed E-state index contributed by atoms with van der Waals surface area (Å²) in [5.41, 5.74) is 1.74. The van der Waals surface area contributed by atoms with Gasteiger partial charge in [-0.05, 0) is 19.0 Å². The number of carbonyl (C=O) groups is 1. The maximum absolute atomic E-state index is 11.7. The first-order chi connectivity index (χ1) is 7.52. The third kappa shape index (κ3) is 5.66. The summed E-state index contributed by atoms with van der Waals surface area (Å²) in [6, 6.07) is 0. The highest BCUT2D eigenvalue weighted by Crippen LogP contribution is 2.08. The zero-order valence-corrected chi connectivity index (χ0v) is 10.8. The van der Waals surface area contributed by atoms with E-state index in [1.807, 2.05) is 39.0 Å². The van der Waals surface area contributed by atoms with E-state index >= 15 is 0 Å². The van der Waals surface area contributed by atoms with Crippen LogP contribution in [-0.2, 0) is 4.79 Å². The van der Waals surface area contributed by atoms with Crippen molar-refractivity contribution in [2.45, 2.75) is 27.7 Å². The lowest BCUT2D eigenvalue weighted by Crippen LogP contribution is -2.15. The molecular weight excluding hydrogens is 198 g/mol. The van der Waals surface area contributed by atoms with Crippen molar-refractivity contribution in [3.63, 3.8) is 0 Å². The predicted octanol–water partition coefficient (Wildman–Crippen LogP) is 2.88. The molecular formula is C14H23NO. The Morgan fingerprint density at radius 3 is 2.44 bits per heavy atom. The summed E-state index contributed by atoms with van der Waals surface area (Å²) in [4.78, 5) is 11.7. The largest absolute Gasteiger partial charge is 0.313 e. The van der Waals surface area contributed by atoms with Crippen molar-refractivity contribution in [3.05, 3.63) is 36.0 Å². The Labute approximate surface area is 99.1 Å². The molecule has 1 N–H and O–H groups in total. The standard InChI is InChI=1S/C14H23NO/c1-6-13(14(16)11(3)4)9-8-12(5)10-15-7-2/h6,8-9,11,15H,5,7,10H2,1-4H3/b9-8-,13-6+. The van der Waals surface area contributed by atoms with E-state index in [9.17, 15) is 4.79 Å². The van der Waals surface area contributed by atoms with E-state index in [4.69, 9.17) is 0 Å². The molecule has 0 bridgehead atoms. The van der Waals surface area contributed by atoms with Crippen LogP contribution in [0.1, 0.15) is 27.7 Å². The van der Waals surface area contributed by atoms with Gasteiger partial charge in [-0.15, -0.1) is 0 Å². The van der Waals surface area contributed by atoms with Gasteiger partial charge in [0, 0.05) is 18.0 Å². The second-order valence-corrected chi connectivity index (χ2v) is 4.03. The molecule has 0 rings (SSSR count). The minimum absolute atomic E-state index is 0.0397. The fourth-order valence-electron chi connectivity index (χ4n) is 1.21. The minimum Gasteiger partial charge on any atom is -0.313 e. The predicted molar refractivity (Wildman–Crippen MR) is 70.4 cm³/mol. The Morgan fingerprint density at radius 1 is 1.38 bits per heavy atom. The maximum atomic E-state index is 11.7. The number of ketones is 1. The summed E-state index contributed by atoms with van der Waals surface area (Å²) < 4.78 is 0. The number of hydrogen-bond donors (Lipinski definition) is 1. The highest BCUT2D eigenvalue weighted by Gasteiger charge is 2.09. The first kappa shape index (κ1) is 14.8. The van der Waals surface area contributed by atoms with Gasteiger partial charge in [-0.25, -0.2) is 0 Å². The van der Waals surface area contributed by atoms with Gasteiger partial charge in [0.05, 0.1) is 0 Å². The van der Waals surface area contributed by atoms with Crippen molar-refractivity contribution < 1.29 is 4.79 Å². The van der Waals surface area contributed by atoms with Crippen LogP contribution in [0.3, 0.4) is 0 Å². The second kappa shape index (κ2) is 8.05. The molecule has 2 heteroatoms. The summed E-state index contributed by atoms with van der Waals surface area (Å²) >= 11 is 0. The summed E-state index contributed by atoms with van der Waals surface area (Å²) in [5.74, 6) is 0.216. The Bertz CT molecular complexity index is 298. The summed E-state index contributed by atoms with van der Waals surface area (Å²) in [7, 11) is 0. The van der Waals surface area contributed by atoms with E-state index in [2.05, 4.69) is 18.8 Å². The molecule has 90 valence electrons. The lowest BCUT2D eigenvalue weighted by Gasteiger charge is -2.05. The maximum Gasteiger partial charge on any atom is 0.165 e. The van der Waals surface area contributed by atoms with Crippen LogP contribution >= 0.6 is 0 Å². The van der Waals surface area contributed by atoms with Gasteiger partial charge in [0.1, 0.15) is 0 Å². The number of rotatable bonds is 7. The number of carbonyl (C=O) groups excluding carboxylic acids is 1. The summed E-state index contributed by atoms with van der Waals surface area (Å²) in [6.07, 6.45) is 5.60. The van der Waals surface area contributed by atoms with Crippen LogP contribution in [0.5, 0.6) is 0 Å². The molecule has 0 aromatic heterocycles. The Morgan fingerprint density at radius 2 is 2.00 bits per heavy atom. The monoisotopic (exact) mass is 221 g/mol. The molecule has 0 amide bonds. The van der Waals surface area contributed by atoms with Gasteiger partial charge in [0.2, 0.25) is 0 Å². The van der Waals surface area contributed by atoms with Gasteiger partial charge < -0.3 is 5.32 Å². The third-order valence-corrected chi connectivity index (χ3v) is 2.22. The van der Waals surface area contributed by atoms with Gasteiger partial charge in [0.15, 0.2) is 5.78 Å². The fourth-order valence-corrected chi connectivity index (χ4v) is 1.21. The molecule has 0 aromatic carbocycles. The Kier molecular flexibility index (Phi) is 7.48. The molecule has 0 fully saturated rings. The number of hydrogen-bond acceptors (Lipinski definition) is 2. The number of nitrogens with one attached hydrogen (secondary N) is 1. The Hall–Kier alpha value is -1.15. The van der Waals surface area contributed by atoms with Crippen LogP contribution in [0, 0.1) is 5.92 Å². The van der Waals surface area contributed by atoms with Crippen molar-refractivity contribution >= 4 is 5.78 Å². The average Bonchev–Trinajstić information content (AvgIpc) is 2.26. The van der Waals surface area contributed by atoms with Crippen molar-refractivity contribution in [1.29, 1.82) is 0 Å². The van der Waals surface area contributed by atoms with E-state index in [0.717, 1.165) is 24.2 Å². The first-order valence-electron chi connectivity index (χ1n) is 5.80. The van der Waals surface area contributed by atoms with E-state index in [-0.39, 0.29) is 11.7 Å². The Balaban J connectivity index is 4.39. The minimum atomic E-state index is 0.0397. The zero-order chi connectivity index (χ0) is 12.6. The summed E-state index contributed by atoms with van der Waals surface area (Å²) in [6.45, 7) is 13.4. The molecule has 16 heavy (non-hydrogen) atoms. The smallest absolute Gasteiger partial charge is 0.165 e. The lowest BCUT2D eigenvalue weighted by atomic mass is 10.00. The first-order valence-corrected chi connectivity index (χ1v) is 5.80. The van der Waals surface area contributed by atoms with Crippen LogP contribution in [0.15, 0.2) is 36.0 Å².